The van der Waals surface area contributed by atoms with Gasteiger partial charge >= 0.3 is 0 Å². The van der Waals surface area contributed by atoms with E-state index in [2.05, 4.69) is 9.97 Å². The summed E-state index contributed by atoms with van der Waals surface area (Å²) in [6, 6.07) is 12.6. The number of nitrogen functional groups attached to an aromatic ring is 1. The quantitative estimate of drug-likeness (QED) is 0.564. The standard InChI is InChI=1S/C22H21FN6O/c1-14-26-19-5-4-18(15-6-7-25-21(24)12-15)27-22(19)29(14)16-2-3-17(23)20(13-16)28-8-10-30-11-9-28/h2-7,12-13H,8-11H2,1H3,(H2,24,25). The molecule has 0 spiro atoms. The van der Waals surface area contributed by atoms with E-state index >= 15 is 0 Å². The molecule has 7 nitrogen and oxygen atoms in total. The van der Waals surface area contributed by atoms with E-state index in [1.54, 1.807) is 18.3 Å². The van der Waals surface area contributed by atoms with Crippen molar-refractivity contribution in [2.75, 3.05) is 36.9 Å². The molecule has 30 heavy (non-hydrogen) atoms. The van der Waals surface area contributed by atoms with Gasteiger partial charge in [-0.05, 0) is 49.4 Å². The number of hydrogen-bond donors (Lipinski definition) is 1. The number of pyridine rings is 2. The van der Waals surface area contributed by atoms with E-state index in [0.29, 0.717) is 43.5 Å². The zero-order chi connectivity index (χ0) is 20.7. The molecule has 0 saturated carbocycles. The number of aromatic nitrogens is 4. The van der Waals surface area contributed by atoms with Crippen LogP contribution in [0.5, 0.6) is 0 Å². The number of imidazole rings is 1. The number of rotatable bonds is 3. The summed E-state index contributed by atoms with van der Waals surface area (Å²) in [7, 11) is 0. The molecule has 1 saturated heterocycles. The number of hydrogen-bond acceptors (Lipinski definition) is 6. The fourth-order valence-corrected chi connectivity index (χ4v) is 3.83. The van der Waals surface area contributed by atoms with Crippen molar-refractivity contribution in [2.45, 2.75) is 6.92 Å². The maximum Gasteiger partial charge on any atom is 0.165 e. The molecule has 4 heterocycles. The lowest BCUT2D eigenvalue weighted by molar-refractivity contribution is 0.122. The van der Waals surface area contributed by atoms with Gasteiger partial charge in [-0.25, -0.2) is 19.3 Å². The highest BCUT2D eigenvalue weighted by Crippen LogP contribution is 2.28. The fraction of sp³-hybridized carbons (Fsp3) is 0.227. The molecule has 8 heteroatoms. The van der Waals surface area contributed by atoms with Gasteiger partial charge in [0.1, 0.15) is 23.0 Å². The molecule has 5 rings (SSSR count). The summed E-state index contributed by atoms with van der Waals surface area (Å²) < 4.78 is 21.9. The summed E-state index contributed by atoms with van der Waals surface area (Å²) in [6.45, 7) is 4.43. The first kappa shape index (κ1) is 18.5. The Morgan fingerprint density at radius 1 is 1.03 bits per heavy atom. The van der Waals surface area contributed by atoms with Crippen LogP contribution in [0, 0.1) is 12.7 Å². The first-order valence-electron chi connectivity index (χ1n) is 9.81. The van der Waals surface area contributed by atoms with Crippen LogP contribution in [-0.4, -0.2) is 45.8 Å². The number of halogens is 1. The van der Waals surface area contributed by atoms with E-state index < -0.39 is 0 Å². The van der Waals surface area contributed by atoms with Crippen LogP contribution in [0.4, 0.5) is 15.9 Å². The van der Waals surface area contributed by atoms with Crippen LogP contribution in [0.1, 0.15) is 5.82 Å². The summed E-state index contributed by atoms with van der Waals surface area (Å²) >= 11 is 0. The molecule has 3 aromatic heterocycles. The summed E-state index contributed by atoms with van der Waals surface area (Å²) in [5, 5.41) is 0. The number of morpholine rings is 1. The second kappa shape index (κ2) is 7.38. The molecule has 0 aliphatic carbocycles. The van der Waals surface area contributed by atoms with Gasteiger partial charge < -0.3 is 15.4 Å². The second-order valence-corrected chi connectivity index (χ2v) is 7.24. The Morgan fingerprint density at radius 2 is 1.87 bits per heavy atom. The number of aryl methyl sites for hydroxylation is 1. The molecule has 0 radical (unpaired) electrons. The molecule has 1 aromatic carbocycles. The Hall–Kier alpha value is -3.52. The molecule has 1 aliphatic rings. The minimum atomic E-state index is -0.247. The van der Waals surface area contributed by atoms with Gasteiger partial charge in [-0.1, -0.05) is 0 Å². The van der Waals surface area contributed by atoms with Gasteiger partial charge in [0, 0.05) is 24.8 Å². The summed E-state index contributed by atoms with van der Waals surface area (Å²) in [5.74, 6) is 0.972. The smallest absolute Gasteiger partial charge is 0.165 e. The molecule has 0 atom stereocenters. The largest absolute Gasteiger partial charge is 0.384 e. The first-order chi connectivity index (χ1) is 14.6. The van der Waals surface area contributed by atoms with Gasteiger partial charge in [0.2, 0.25) is 0 Å². The predicted molar refractivity (Wildman–Crippen MR) is 114 cm³/mol. The Labute approximate surface area is 173 Å². The molecule has 1 aliphatic heterocycles. The summed E-state index contributed by atoms with van der Waals surface area (Å²) in [5.41, 5.74) is 10.3. The van der Waals surface area contributed by atoms with Crippen molar-refractivity contribution in [3.63, 3.8) is 0 Å². The molecule has 152 valence electrons. The number of ether oxygens (including phenoxy) is 1. The van der Waals surface area contributed by atoms with E-state index in [1.807, 2.05) is 40.7 Å². The number of nitrogens with zero attached hydrogens (tertiary/aromatic N) is 5. The van der Waals surface area contributed by atoms with Crippen molar-refractivity contribution in [3.8, 4) is 16.9 Å². The summed E-state index contributed by atoms with van der Waals surface area (Å²) in [4.78, 5) is 15.5. The van der Waals surface area contributed by atoms with Crippen molar-refractivity contribution in [2.24, 2.45) is 0 Å². The van der Waals surface area contributed by atoms with E-state index in [0.717, 1.165) is 28.3 Å². The van der Waals surface area contributed by atoms with Crippen molar-refractivity contribution in [3.05, 3.63) is 60.3 Å². The van der Waals surface area contributed by atoms with Crippen LogP contribution in [0.2, 0.25) is 0 Å². The zero-order valence-corrected chi connectivity index (χ0v) is 16.5. The highest BCUT2D eigenvalue weighted by atomic mass is 19.1. The van der Waals surface area contributed by atoms with Gasteiger partial charge in [-0.3, -0.25) is 4.57 Å². The normalized spacial score (nSPS) is 14.4. The van der Waals surface area contributed by atoms with Gasteiger partial charge in [-0.2, -0.15) is 0 Å². The van der Waals surface area contributed by atoms with Crippen molar-refractivity contribution >= 4 is 22.7 Å². The highest BCUT2D eigenvalue weighted by Gasteiger charge is 2.18. The number of nitrogens with two attached hydrogens (primary N) is 1. The minimum Gasteiger partial charge on any atom is -0.384 e. The van der Waals surface area contributed by atoms with E-state index in [9.17, 15) is 4.39 Å². The number of benzene rings is 1. The van der Waals surface area contributed by atoms with Crippen molar-refractivity contribution in [1.29, 1.82) is 0 Å². The maximum absolute atomic E-state index is 14.6. The lowest BCUT2D eigenvalue weighted by Crippen LogP contribution is -2.36. The monoisotopic (exact) mass is 404 g/mol. The number of fused-ring (bicyclic) bond motifs is 1. The van der Waals surface area contributed by atoms with Crippen LogP contribution in [0.3, 0.4) is 0 Å². The topological polar surface area (TPSA) is 82.1 Å². The van der Waals surface area contributed by atoms with Crippen molar-refractivity contribution in [1.82, 2.24) is 19.5 Å². The lowest BCUT2D eigenvalue weighted by atomic mass is 10.1. The fourth-order valence-electron chi connectivity index (χ4n) is 3.83. The molecular weight excluding hydrogens is 383 g/mol. The van der Waals surface area contributed by atoms with Gasteiger partial charge in [-0.15, -0.1) is 0 Å². The Balaban J connectivity index is 1.63. The average Bonchev–Trinajstić information content (AvgIpc) is 3.10. The average molecular weight is 404 g/mol. The van der Waals surface area contributed by atoms with Crippen LogP contribution < -0.4 is 10.6 Å². The Morgan fingerprint density at radius 3 is 2.67 bits per heavy atom. The van der Waals surface area contributed by atoms with Crippen LogP contribution in [0.15, 0.2) is 48.7 Å². The van der Waals surface area contributed by atoms with Crippen LogP contribution >= 0.6 is 0 Å². The van der Waals surface area contributed by atoms with E-state index in [1.165, 1.54) is 6.07 Å². The van der Waals surface area contributed by atoms with Crippen molar-refractivity contribution < 1.29 is 9.13 Å². The molecule has 2 N–H and O–H groups in total. The molecule has 4 aromatic rings. The third kappa shape index (κ3) is 3.25. The molecule has 0 unspecified atom stereocenters. The second-order valence-electron chi connectivity index (χ2n) is 7.24. The minimum absolute atomic E-state index is 0.247. The van der Waals surface area contributed by atoms with Crippen LogP contribution in [0.25, 0.3) is 28.1 Å². The Kier molecular flexibility index (Phi) is 4.55. The molecule has 1 fully saturated rings. The summed E-state index contributed by atoms with van der Waals surface area (Å²) in [6.07, 6.45) is 1.66. The van der Waals surface area contributed by atoms with E-state index in [-0.39, 0.29) is 5.82 Å². The first-order valence-corrected chi connectivity index (χ1v) is 9.81. The zero-order valence-electron chi connectivity index (χ0n) is 16.5. The predicted octanol–water partition coefficient (Wildman–Crippen LogP) is 3.35. The number of anilines is 2. The van der Waals surface area contributed by atoms with E-state index in [4.69, 9.17) is 15.5 Å². The Bertz CT molecular complexity index is 1230. The van der Waals surface area contributed by atoms with Gasteiger partial charge in [0.25, 0.3) is 0 Å². The molecule has 0 bridgehead atoms. The molecular formula is C22H21FN6O. The third-order valence-electron chi connectivity index (χ3n) is 5.29. The lowest BCUT2D eigenvalue weighted by Gasteiger charge is -2.29. The van der Waals surface area contributed by atoms with Gasteiger partial charge in [0.15, 0.2) is 5.65 Å². The van der Waals surface area contributed by atoms with Crippen LogP contribution in [-0.2, 0) is 4.74 Å². The maximum atomic E-state index is 14.6. The van der Waals surface area contributed by atoms with Gasteiger partial charge in [0.05, 0.1) is 30.3 Å². The highest BCUT2D eigenvalue weighted by molar-refractivity contribution is 5.78. The SMILES string of the molecule is Cc1nc2ccc(-c3ccnc(N)c3)nc2n1-c1ccc(F)c(N2CCOCC2)c1. The third-order valence-corrected chi connectivity index (χ3v) is 5.29. The molecule has 0 amide bonds.